The molecule has 0 unspecified atom stereocenters. The lowest BCUT2D eigenvalue weighted by Crippen LogP contribution is -2.29. The number of nitrogens with zero attached hydrogens (tertiary/aromatic N) is 2. The average molecular weight is 383 g/mol. The van der Waals surface area contributed by atoms with E-state index in [-0.39, 0.29) is 11.7 Å². The summed E-state index contributed by atoms with van der Waals surface area (Å²) >= 11 is 1.21. The maximum atomic E-state index is 11.9. The fourth-order valence-corrected chi connectivity index (χ4v) is 3.00. The van der Waals surface area contributed by atoms with E-state index in [1.807, 2.05) is 62.4 Å². The zero-order chi connectivity index (χ0) is 19.1. The number of ether oxygens (including phenoxy) is 1. The molecule has 0 saturated carbocycles. The van der Waals surface area contributed by atoms with E-state index in [0.29, 0.717) is 24.3 Å². The molecule has 7 heteroatoms. The second-order valence-electron chi connectivity index (χ2n) is 6.05. The summed E-state index contributed by atoms with van der Waals surface area (Å²) in [5.74, 6) is 1.35. The Hall–Kier alpha value is -2.80. The van der Waals surface area contributed by atoms with Crippen molar-refractivity contribution in [1.82, 2.24) is 15.5 Å². The van der Waals surface area contributed by atoms with Gasteiger partial charge in [-0.3, -0.25) is 4.79 Å². The molecule has 0 radical (unpaired) electrons. The van der Waals surface area contributed by atoms with Crippen molar-refractivity contribution < 1.29 is 13.9 Å². The summed E-state index contributed by atoms with van der Waals surface area (Å²) in [5.41, 5.74) is 3.12. The summed E-state index contributed by atoms with van der Waals surface area (Å²) in [4.78, 5) is 11.9. The van der Waals surface area contributed by atoms with Gasteiger partial charge in [0, 0.05) is 5.56 Å². The minimum Gasteiger partial charge on any atom is -0.492 e. The van der Waals surface area contributed by atoms with Crippen molar-refractivity contribution in [3.63, 3.8) is 0 Å². The molecule has 1 N–H and O–H groups in total. The van der Waals surface area contributed by atoms with Gasteiger partial charge < -0.3 is 14.5 Å². The van der Waals surface area contributed by atoms with Crippen molar-refractivity contribution >= 4 is 17.7 Å². The van der Waals surface area contributed by atoms with Crippen molar-refractivity contribution in [2.24, 2.45) is 0 Å². The number of hydrogen-bond acceptors (Lipinski definition) is 6. The third kappa shape index (κ3) is 5.86. The van der Waals surface area contributed by atoms with Gasteiger partial charge in [0.15, 0.2) is 0 Å². The molecule has 0 aliphatic heterocycles. The van der Waals surface area contributed by atoms with Crippen LogP contribution in [0.1, 0.15) is 11.1 Å². The monoisotopic (exact) mass is 383 g/mol. The Labute approximate surface area is 162 Å². The molecule has 0 aliphatic carbocycles. The number of aryl methyl sites for hydroxylation is 2. The van der Waals surface area contributed by atoms with Gasteiger partial charge in [-0.05, 0) is 43.7 Å². The number of thioether (sulfide) groups is 1. The smallest absolute Gasteiger partial charge is 0.277 e. The molecule has 1 heterocycles. The molecule has 27 heavy (non-hydrogen) atoms. The Balaban J connectivity index is 1.39. The lowest BCUT2D eigenvalue weighted by molar-refractivity contribution is -0.118. The van der Waals surface area contributed by atoms with Crippen LogP contribution in [0.5, 0.6) is 5.75 Å². The molecule has 3 rings (SSSR count). The maximum Gasteiger partial charge on any atom is 0.277 e. The third-order valence-electron chi connectivity index (χ3n) is 3.68. The van der Waals surface area contributed by atoms with Crippen LogP contribution in [0.2, 0.25) is 0 Å². The molecular formula is C20H21N3O3S. The molecule has 0 saturated heterocycles. The van der Waals surface area contributed by atoms with Crippen LogP contribution in [0.25, 0.3) is 11.5 Å². The number of nitrogens with one attached hydrogen (secondary N) is 1. The Bertz CT molecular complexity index is 911. The summed E-state index contributed by atoms with van der Waals surface area (Å²) in [5, 5.41) is 11.2. The van der Waals surface area contributed by atoms with E-state index in [0.717, 1.165) is 22.4 Å². The van der Waals surface area contributed by atoms with Crippen LogP contribution in [0.4, 0.5) is 0 Å². The van der Waals surface area contributed by atoms with Crippen LogP contribution >= 0.6 is 11.8 Å². The molecule has 0 spiro atoms. The minimum atomic E-state index is -0.108. The van der Waals surface area contributed by atoms with E-state index in [1.165, 1.54) is 11.8 Å². The Morgan fingerprint density at radius 2 is 1.89 bits per heavy atom. The summed E-state index contributed by atoms with van der Waals surface area (Å²) < 4.78 is 11.2. The second kappa shape index (κ2) is 9.23. The highest BCUT2D eigenvalue weighted by Crippen LogP contribution is 2.23. The second-order valence-corrected chi connectivity index (χ2v) is 6.97. The predicted octanol–water partition coefficient (Wildman–Crippen LogP) is 3.64. The number of aromatic nitrogens is 2. The van der Waals surface area contributed by atoms with E-state index in [9.17, 15) is 4.79 Å². The first-order chi connectivity index (χ1) is 13.1. The molecule has 0 aliphatic rings. The van der Waals surface area contributed by atoms with Gasteiger partial charge in [0.2, 0.25) is 11.8 Å². The molecule has 0 atom stereocenters. The van der Waals surface area contributed by atoms with Crippen molar-refractivity contribution in [3.05, 3.63) is 59.7 Å². The fraction of sp³-hybridized carbons (Fsp3) is 0.250. The van der Waals surface area contributed by atoms with Crippen LogP contribution in [-0.4, -0.2) is 35.0 Å². The Morgan fingerprint density at radius 3 is 2.67 bits per heavy atom. The van der Waals surface area contributed by atoms with Crippen LogP contribution in [-0.2, 0) is 4.79 Å². The first kappa shape index (κ1) is 19.0. The standard InChI is InChI=1S/C20H21N3O3S/c1-14-5-3-7-16(11-14)19-22-23-20(26-19)27-13-18(24)21-9-10-25-17-8-4-6-15(2)12-17/h3-8,11-12H,9-10,13H2,1-2H3,(H,21,24). The third-order valence-corrected chi connectivity index (χ3v) is 4.50. The zero-order valence-corrected chi connectivity index (χ0v) is 16.1. The molecule has 140 valence electrons. The van der Waals surface area contributed by atoms with Gasteiger partial charge in [-0.2, -0.15) is 0 Å². The van der Waals surface area contributed by atoms with E-state index >= 15 is 0 Å². The summed E-state index contributed by atoms with van der Waals surface area (Å²) in [6.45, 7) is 4.86. The molecule has 1 amide bonds. The van der Waals surface area contributed by atoms with Gasteiger partial charge >= 0.3 is 0 Å². The van der Waals surface area contributed by atoms with Crippen LogP contribution in [0, 0.1) is 13.8 Å². The predicted molar refractivity (Wildman–Crippen MR) is 105 cm³/mol. The van der Waals surface area contributed by atoms with Crippen LogP contribution < -0.4 is 10.1 Å². The highest BCUT2D eigenvalue weighted by molar-refractivity contribution is 7.99. The molecule has 6 nitrogen and oxygen atoms in total. The first-order valence-corrected chi connectivity index (χ1v) is 9.58. The largest absolute Gasteiger partial charge is 0.492 e. The number of amides is 1. The number of hydrogen-bond donors (Lipinski definition) is 1. The quantitative estimate of drug-likeness (QED) is 0.473. The summed E-state index contributed by atoms with van der Waals surface area (Å²) in [6, 6.07) is 15.6. The molecule has 3 aromatic rings. The molecule has 0 fully saturated rings. The van der Waals surface area contributed by atoms with Gasteiger partial charge in [0.1, 0.15) is 12.4 Å². The highest BCUT2D eigenvalue weighted by Gasteiger charge is 2.11. The molecular weight excluding hydrogens is 362 g/mol. The first-order valence-electron chi connectivity index (χ1n) is 8.60. The number of carbonyl (C=O) groups is 1. The van der Waals surface area contributed by atoms with Gasteiger partial charge in [-0.1, -0.05) is 41.6 Å². The minimum absolute atomic E-state index is 0.108. The van der Waals surface area contributed by atoms with E-state index < -0.39 is 0 Å². The summed E-state index contributed by atoms with van der Waals surface area (Å²) in [6.07, 6.45) is 0. The van der Waals surface area contributed by atoms with Crippen molar-refractivity contribution in [2.45, 2.75) is 19.1 Å². The SMILES string of the molecule is Cc1cccc(OCCNC(=O)CSc2nnc(-c3cccc(C)c3)o2)c1. The van der Waals surface area contributed by atoms with Crippen LogP contribution in [0.15, 0.2) is 58.2 Å². The number of carbonyl (C=O) groups excluding carboxylic acids is 1. The average Bonchev–Trinajstić information content (AvgIpc) is 3.13. The van der Waals surface area contributed by atoms with Gasteiger partial charge in [-0.15, -0.1) is 10.2 Å². The summed E-state index contributed by atoms with van der Waals surface area (Å²) in [7, 11) is 0. The lowest BCUT2D eigenvalue weighted by Gasteiger charge is -2.07. The van der Waals surface area contributed by atoms with E-state index in [1.54, 1.807) is 0 Å². The molecule has 1 aromatic heterocycles. The van der Waals surface area contributed by atoms with Gasteiger partial charge in [-0.25, -0.2) is 0 Å². The lowest BCUT2D eigenvalue weighted by atomic mass is 10.1. The van der Waals surface area contributed by atoms with E-state index in [2.05, 4.69) is 15.5 Å². The number of rotatable bonds is 8. The van der Waals surface area contributed by atoms with Crippen molar-refractivity contribution in [2.75, 3.05) is 18.9 Å². The normalized spacial score (nSPS) is 10.6. The van der Waals surface area contributed by atoms with Gasteiger partial charge in [0.25, 0.3) is 5.22 Å². The Morgan fingerprint density at radius 1 is 1.11 bits per heavy atom. The Kier molecular flexibility index (Phi) is 6.49. The highest BCUT2D eigenvalue weighted by atomic mass is 32.2. The van der Waals surface area contributed by atoms with E-state index in [4.69, 9.17) is 9.15 Å². The molecule has 2 aromatic carbocycles. The van der Waals surface area contributed by atoms with Crippen LogP contribution in [0.3, 0.4) is 0 Å². The fourth-order valence-electron chi connectivity index (χ4n) is 2.41. The maximum absolute atomic E-state index is 11.9. The van der Waals surface area contributed by atoms with Crippen molar-refractivity contribution in [1.29, 1.82) is 0 Å². The van der Waals surface area contributed by atoms with Gasteiger partial charge in [0.05, 0.1) is 12.3 Å². The van der Waals surface area contributed by atoms with Crippen molar-refractivity contribution in [3.8, 4) is 17.2 Å². The molecule has 0 bridgehead atoms. The zero-order valence-electron chi connectivity index (χ0n) is 15.3. The number of benzene rings is 2. The topological polar surface area (TPSA) is 77.2 Å².